The summed E-state index contributed by atoms with van der Waals surface area (Å²) in [5.74, 6) is 0.615. The van der Waals surface area contributed by atoms with Crippen molar-refractivity contribution in [1.82, 2.24) is 9.80 Å². The lowest BCUT2D eigenvalue weighted by Crippen LogP contribution is -2.50. The van der Waals surface area contributed by atoms with Crippen molar-refractivity contribution in [2.45, 2.75) is 59.4 Å². The van der Waals surface area contributed by atoms with E-state index >= 15 is 0 Å². The van der Waals surface area contributed by atoms with E-state index in [2.05, 4.69) is 36.2 Å². The zero-order chi connectivity index (χ0) is 20.3. The number of hydrogen-bond acceptors (Lipinski definition) is 3. The Labute approximate surface area is 169 Å². The van der Waals surface area contributed by atoms with Gasteiger partial charge in [-0.2, -0.15) is 0 Å². The van der Waals surface area contributed by atoms with Crippen LogP contribution in [-0.2, 0) is 9.59 Å². The first kappa shape index (κ1) is 20.8. The van der Waals surface area contributed by atoms with Gasteiger partial charge in [0.25, 0.3) is 0 Å². The van der Waals surface area contributed by atoms with Crippen LogP contribution in [0.3, 0.4) is 0 Å². The number of hydrogen-bond donors (Lipinski definition) is 1. The highest BCUT2D eigenvalue weighted by Gasteiger charge is 2.32. The average Bonchev–Trinajstić information content (AvgIpc) is 2.70. The largest absolute Gasteiger partial charge is 0.342 e. The van der Waals surface area contributed by atoms with E-state index in [0.29, 0.717) is 6.04 Å². The van der Waals surface area contributed by atoms with Gasteiger partial charge in [-0.25, -0.2) is 0 Å². The summed E-state index contributed by atoms with van der Waals surface area (Å²) in [4.78, 5) is 29.4. The molecule has 2 amide bonds. The van der Waals surface area contributed by atoms with Gasteiger partial charge >= 0.3 is 0 Å². The summed E-state index contributed by atoms with van der Waals surface area (Å²) in [7, 11) is 0. The summed E-state index contributed by atoms with van der Waals surface area (Å²) in [5.41, 5.74) is 3.35. The van der Waals surface area contributed by atoms with Crippen molar-refractivity contribution in [1.29, 1.82) is 0 Å². The number of nitrogens with one attached hydrogen (secondary N) is 1. The quantitative estimate of drug-likeness (QED) is 0.862. The zero-order valence-corrected chi connectivity index (χ0v) is 17.8. The molecular formula is C23H35N3O2. The molecule has 1 aromatic rings. The van der Waals surface area contributed by atoms with Crippen LogP contribution >= 0.6 is 0 Å². The normalized spacial score (nSPS) is 19.8. The van der Waals surface area contributed by atoms with E-state index in [1.54, 1.807) is 0 Å². The van der Waals surface area contributed by atoms with Crippen LogP contribution in [0.25, 0.3) is 0 Å². The first-order chi connectivity index (χ1) is 13.3. The van der Waals surface area contributed by atoms with Gasteiger partial charge < -0.3 is 15.1 Å². The molecule has 0 aromatic heterocycles. The standard InChI is InChI=1S/C23H35N3O2/c1-16(2)23(28)26-13-9-21(10-14-26)25-11-7-19(8-12-25)22(27)24-20-6-5-17(3)18(4)15-20/h5-6,15-16,19,21H,7-14H2,1-4H3,(H,24,27). The highest BCUT2D eigenvalue weighted by atomic mass is 16.2. The lowest BCUT2D eigenvalue weighted by molar-refractivity contribution is -0.136. The van der Waals surface area contributed by atoms with Crippen molar-refractivity contribution in [2.24, 2.45) is 11.8 Å². The molecule has 154 valence electrons. The van der Waals surface area contributed by atoms with Gasteiger partial charge in [0.15, 0.2) is 0 Å². The molecule has 5 heteroatoms. The van der Waals surface area contributed by atoms with Crippen LogP contribution in [0.15, 0.2) is 18.2 Å². The van der Waals surface area contributed by atoms with Crippen LogP contribution in [0.4, 0.5) is 5.69 Å². The molecule has 28 heavy (non-hydrogen) atoms. The first-order valence-corrected chi connectivity index (χ1v) is 10.8. The van der Waals surface area contributed by atoms with E-state index in [0.717, 1.165) is 57.5 Å². The molecule has 1 aromatic carbocycles. The SMILES string of the molecule is Cc1ccc(NC(=O)C2CCN(C3CCN(C(=O)C(C)C)CC3)CC2)cc1C. The van der Waals surface area contributed by atoms with E-state index in [4.69, 9.17) is 0 Å². The number of likely N-dealkylation sites (tertiary alicyclic amines) is 2. The molecule has 0 atom stereocenters. The Hall–Kier alpha value is -1.88. The minimum Gasteiger partial charge on any atom is -0.342 e. The number of carbonyl (C=O) groups excluding carboxylic acids is 2. The molecule has 0 spiro atoms. The maximum absolute atomic E-state index is 12.7. The number of carbonyl (C=O) groups is 2. The van der Waals surface area contributed by atoms with Gasteiger partial charge in [0, 0.05) is 36.7 Å². The molecule has 0 bridgehead atoms. The maximum Gasteiger partial charge on any atom is 0.227 e. The van der Waals surface area contributed by atoms with Gasteiger partial charge in [0.2, 0.25) is 11.8 Å². The third-order valence-corrected chi connectivity index (χ3v) is 6.46. The van der Waals surface area contributed by atoms with E-state index in [-0.39, 0.29) is 23.7 Å². The van der Waals surface area contributed by atoms with Crippen LogP contribution in [0.1, 0.15) is 50.7 Å². The van der Waals surface area contributed by atoms with Gasteiger partial charge in [0.1, 0.15) is 0 Å². The number of nitrogens with zero attached hydrogens (tertiary/aromatic N) is 2. The molecule has 2 saturated heterocycles. The monoisotopic (exact) mass is 385 g/mol. The Morgan fingerprint density at radius 3 is 2.18 bits per heavy atom. The average molecular weight is 386 g/mol. The Kier molecular flexibility index (Phi) is 6.76. The van der Waals surface area contributed by atoms with Crippen molar-refractivity contribution in [3.8, 4) is 0 Å². The third-order valence-electron chi connectivity index (χ3n) is 6.46. The molecular weight excluding hydrogens is 350 g/mol. The second-order valence-electron chi connectivity index (χ2n) is 8.81. The fraction of sp³-hybridized carbons (Fsp3) is 0.652. The van der Waals surface area contributed by atoms with Crippen LogP contribution in [0.5, 0.6) is 0 Å². The van der Waals surface area contributed by atoms with Crippen LogP contribution < -0.4 is 5.32 Å². The summed E-state index contributed by atoms with van der Waals surface area (Å²) in [6.45, 7) is 11.8. The molecule has 0 aliphatic carbocycles. The predicted octanol–water partition coefficient (Wildman–Crippen LogP) is 3.60. The molecule has 5 nitrogen and oxygen atoms in total. The molecule has 2 fully saturated rings. The fourth-order valence-corrected chi connectivity index (χ4v) is 4.41. The van der Waals surface area contributed by atoms with Gasteiger partial charge in [-0.3, -0.25) is 9.59 Å². The van der Waals surface area contributed by atoms with E-state index < -0.39 is 0 Å². The Balaban J connectivity index is 1.45. The molecule has 0 radical (unpaired) electrons. The summed E-state index contributed by atoms with van der Waals surface area (Å²) in [6, 6.07) is 6.65. The minimum atomic E-state index is 0.0862. The smallest absolute Gasteiger partial charge is 0.227 e. The number of benzene rings is 1. The first-order valence-electron chi connectivity index (χ1n) is 10.8. The molecule has 2 aliphatic rings. The van der Waals surface area contributed by atoms with Crippen LogP contribution in [-0.4, -0.2) is 53.8 Å². The number of anilines is 1. The third kappa shape index (κ3) is 4.93. The van der Waals surface area contributed by atoms with Crippen molar-refractivity contribution in [3.05, 3.63) is 29.3 Å². The van der Waals surface area contributed by atoms with E-state index in [1.807, 2.05) is 24.8 Å². The van der Waals surface area contributed by atoms with Gasteiger partial charge in [-0.15, -0.1) is 0 Å². The van der Waals surface area contributed by atoms with Crippen molar-refractivity contribution in [2.75, 3.05) is 31.5 Å². The van der Waals surface area contributed by atoms with Crippen LogP contribution in [0, 0.1) is 25.7 Å². The van der Waals surface area contributed by atoms with Crippen molar-refractivity contribution >= 4 is 17.5 Å². The molecule has 0 saturated carbocycles. The summed E-state index contributed by atoms with van der Waals surface area (Å²) < 4.78 is 0. The number of amides is 2. The molecule has 3 rings (SSSR count). The Bertz CT molecular complexity index is 700. The predicted molar refractivity (Wildman–Crippen MR) is 113 cm³/mol. The molecule has 0 unspecified atom stereocenters. The van der Waals surface area contributed by atoms with Crippen molar-refractivity contribution in [3.63, 3.8) is 0 Å². The highest BCUT2D eigenvalue weighted by Crippen LogP contribution is 2.26. The van der Waals surface area contributed by atoms with E-state index in [1.165, 1.54) is 11.1 Å². The second kappa shape index (κ2) is 9.08. The Morgan fingerprint density at radius 1 is 0.964 bits per heavy atom. The molecule has 1 N–H and O–H groups in total. The highest BCUT2D eigenvalue weighted by molar-refractivity contribution is 5.92. The number of rotatable bonds is 4. The molecule has 2 aliphatic heterocycles. The van der Waals surface area contributed by atoms with Crippen molar-refractivity contribution < 1.29 is 9.59 Å². The topological polar surface area (TPSA) is 52.7 Å². The zero-order valence-electron chi connectivity index (χ0n) is 17.8. The van der Waals surface area contributed by atoms with Gasteiger partial charge in [-0.1, -0.05) is 19.9 Å². The number of aryl methyl sites for hydroxylation is 2. The van der Waals surface area contributed by atoms with Gasteiger partial charge in [0.05, 0.1) is 0 Å². The Morgan fingerprint density at radius 2 is 1.61 bits per heavy atom. The van der Waals surface area contributed by atoms with Crippen LogP contribution in [0.2, 0.25) is 0 Å². The summed E-state index contributed by atoms with van der Waals surface area (Å²) in [6.07, 6.45) is 3.94. The lowest BCUT2D eigenvalue weighted by atomic mass is 9.92. The second-order valence-corrected chi connectivity index (χ2v) is 8.81. The van der Waals surface area contributed by atoms with E-state index in [9.17, 15) is 9.59 Å². The summed E-state index contributed by atoms with van der Waals surface area (Å²) in [5, 5.41) is 3.10. The minimum absolute atomic E-state index is 0.0862. The number of piperidine rings is 2. The fourth-order valence-electron chi connectivity index (χ4n) is 4.41. The maximum atomic E-state index is 12.7. The lowest BCUT2D eigenvalue weighted by Gasteiger charge is -2.41. The van der Waals surface area contributed by atoms with Gasteiger partial charge in [-0.05, 0) is 75.9 Å². The summed E-state index contributed by atoms with van der Waals surface area (Å²) >= 11 is 0. The molecule has 2 heterocycles.